The number of ether oxygens (including phenoxy) is 2. The third-order valence-corrected chi connectivity index (χ3v) is 4.52. The maximum atomic E-state index is 12.5. The number of rotatable bonds is 5. The van der Waals surface area contributed by atoms with Crippen LogP contribution < -0.4 is 14.8 Å². The van der Waals surface area contributed by atoms with Gasteiger partial charge in [-0.1, -0.05) is 24.3 Å². The lowest BCUT2D eigenvalue weighted by atomic mass is 9.95. The van der Waals surface area contributed by atoms with E-state index in [1.807, 2.05) is 42.5 Å². The lowest BCUT2D eigenvalue weighted by Gasteiger charge is -2.25. The number of amides is 1. The predicted molar refractivity (Wildman–Crippen MR) is 96.4 cm³/mol. The van der Waals surface area contributed by atoms with Crippen LogP contribution in [0.2, 0.25) is 0 Å². The third kappa shape index (κ3) is 3.22. The SMILES string of the molecule is COc1cccc2c1OCC(C(=O)NCCc1nc3ccccc3o1)C2. The molecule has 2 heterocycles. The van der Waals surface area contributed by atoms with Crippen molar-refractivity contribution < 1.29 is 18.7 Å². The molecule has 26 heavy (non-hydrogen) atoms. The summed E-state index contributed by atoms with van der Waals surface area (Å²) in [7, 11) is 1.61. The highest BCUT2D eigenvalue weighted by Crippen LogP contribution is 2.36. The van der Waals surface area contributed by atoms with Crippen LogP contribution in [0.4, 0.5) is 0 Å². The second-order valence-corrected chi connectivity index (χ2v) is 6.28. The molecule has 6 nitrogen and oxygen atoms in total. The Labute approximate surface area is 151 Å². The molecule has 1 aromatic heterocycles. The van der Waals surface area contributed by atoms with Crippen LogP contribution in [0.1, 0.15) is 11.5 Å². The lowest BCUT2D eigenvalue weighted by Crippen LogP contribution is -2.38. The molecule has 1 aliphatic heterocycles. The smallest absolute Gasteiger partial charge is 0.226 e. The first-order valence-corrected chi connectivity index (χ1v) is 8.65. The van der Waals surface area contributed by atoms with Gasteiger partial charge in [0.15, 0.2) is 23.0 Å². The number of methoxy groups -OCH3 is 1. The molecule has 1 N–H and O–H groups in total. The number of carbonyl (C=O) groups is 1. The fourth-order valence-electron chi connectivity index (χ4n) is 3.19. The van der Waals surface area contributed by atoms with Crippen molar-refractivity contribution in [2.75, 3.05) is 20.3 Å². The van der Waals surface area contributed by atoms with E-state index in [0.29, 0.717) is 37.6 Å². The van der Waals surface area contributed by atoms with E-state index in [9.17, 15) is 4.79 Å². The van der Waals surface area contributed by atoms with Crippen molar-refractivity contribution in [2.24, 2.45) is 5.92 Å². The van der Waals surface area contributed by atoms with Gasteiger partial charge in [-0.2, -0.15) is 0 Å². The molecule has 0 saturated heterocycles. The first-order chi connectivity index (χ1) is 12.7. The standard InChI is InChI=1S/C20H20N2O4/c1-24-17-8-4-5-13-11-14(12-25-19(13)17)20(23)21-10-9-18-22-15-6-2-3-7-16(15)26-18/h2-8,14H,9-12H2,1H3,(H,21,23). The monoisotopic (exact) mass is 352 g/mol. The van der Waals surface area contributed by atoms with Gasteiger partial charge < -0.3 is 19.2 Å². The summed E-state index contributed by atoms with van der Waals surface area (Å²) in [6, 6.07) is 13.4. The Morgan fingerprint density at radius 1 is 1.27 bits per heavy atom. The number of para-hydroxylation sites is 3. The Kier molecular flexibility index (Phi) is 4.48. The molecule has 1 atom stereocenters. The number of hydrogen-bond acceptors (Lipinski definition) is 5. The van der Waals surface area contributed by atoms with Crippen molar-refractivity contribution in [3.05, 3.63) is 53.9 Å². The number of benzene rings is 2. The highest BCUT2D eigenvalue weighted by Gasteiger charge is 2.27. The molecule has 0 aliphatic carbocycles. The Balaban J connectivity index is 1.33. The first kappa shape index (κ1) is 16.4. The van der Waals surface area contributed by atoms with Gasteiger partial charge in [0.1, 0.15) is 12.1 Å². The average molecular weight is 352 g/mol. The largest absolute Gasteiger partial charge is 0.493 e. The summed E-state index contributed by atoms with van der Waals surface area (Å²) in [5.74, 6) is 1.84. The summed E-state index contributed by atoms with van der Waals surface area (Å²) < 4.78 is 16.7. The fraction of sp³-hybridized carbons (Fsp3) is 0.300. The Bertz CT molecular complexity index is 901. The van der Waals surface area contributed by atoms with Crippen LogP contribution >= 0.6 is 0 Å². The van der Waals surface area contributed by atoms with Crippen LogP contribution in [-0.2, 0) is 17.6 Å². The molecule has 0 radical (unpaired) electrons. The highest BCUT2D eigenvalue weighted by atomic mass is 16.5. The van der Waals surface area contributed by atoms with Gasteiger partial charge in [0.05, 0.1) is 13.0 Å². The van der Waals surface area contributed by atoms with E-state index in [1.165, 1.54) is 0 Å². The number of aromatic nitrogens is 1. The van der Waals surface area contributed by atoms with Crippen LogP contribution in [0.3, 0.4) is 0 Å². The van der Waals surface area contributed by atoms with E-state index in [4.69, 9.17) is 13.9 Å². The van der Waals surface area contributed by atoms with E-state index in [0.717, 1.165) is 22.4 Å². The second kappa shape index (κ2) is 7.07. The van der Waals surface area contributed by atoms with Crippen LogP contribution in [-0.4, -0.2) is 31.2 Å². The number of nitrogens with one attached hydrogen (secondary N) is 1. The van der Waals surface area contributed by atoms with Gasteiger partial charge >= 0.3 is 0 Å². The molecule has 2 aromatic carbocycles. The number of oxazole rings is 1. The van der Waals surface area contributed by atoms with Crippen molar-refractivity contribution >= 4 is 17.0 Å². The summed E-state index contributed by atoms with van der Waals surface area (Å²) in [6.07, 6.45) is 1.19. The Morgan fingerprint density at radius 2 is 2.15 bits per heavy atom. The topological polar surface area (TPSA) is 73.6 Å². The molecule has 0 bridgehead atoms. The number of hydrogen-bond donors (Lipinski definition) is 1. The predicted octanol–water partition coefficient (Wildman–Crippen LogP) is 2.75. The van der Waals surface area contributed by atoms with E-state index in [2.05, 4.69) is 10.3 Å². The molecule has 3 aromatic rings. The summed E-state index contributed by atoms with van der Waals surface area (Å²) in [4.78, 5) is 16.9. The van der Waals surface area contributed by atoms with Crippen LogP contribution in [0.5, 0.6) is 11.5 Å². The minimum absolute atomic E-state index is 0.0189. The highest BCUT2D eigenvalue weighted by molar-refractivity contribution is 5.79. The molecule has 4 rings (SSSR count). The van der Waals surface area contributed by atoms with Crippen LogP contribution in [0, 0.1) is 5.92 Å². The molecule has 6 heteroatoms. The second-order valence-electron chi connectivity index (χ2n) is 6.28. The van der Waals surface area contributed by atoms with Crippen LogP contribution in [0.15, 0.2) is 46.9 Å². The molecular formula is C20H20N2O4. The van der Waals surface area contributed by atoms with Crippen molar-refractivity contribution in [3.8, 4) is 11.5 Å². The zero-order valence-electron chi connectivity index (χ0n) is 14.5. The van der Waals surface area contributed by atoms with E-state index >= 15 is 0 Å². The number of nitrogens with zero attached hydrogens (tertiary/aromatic N) is 1. The van der Waals surface area contributed by atoms with E-state index in [-0.39, 0.29) is 11.8 Å². The first-order valence-electron chi connectivity index (χ1n) is 8.65. The molecule has 0 fully saturated rings. The summed E-state index contributed by atoms with van der Waals surface area (Å²) >= 11 is 0. The van der Waals surface area contributed by atoms with E-state index in [1.54, 1.807) is 7.11 Å². The minimum Gasteiger partial charge on any atom is -0.493 e. The molecule has 1 unspecified atom stereocenters. The van der Waals surface area contributed by atoms with Gasteiger partial charge in [0.25, 0.3) is 0 Å². The summed E-state index contributed by atoms with van der Waals surface area (Å²) in [5.41, 5.74) is 2.59. The van der Waals surface area contributed by atoms with Crippen molar-refractivity contribution in [3.63, 3.8) is 0 Å². The molecule has 1 amide bonds. The van der Waals surface area contributed by atoms with Crippen LogP contribution in [0.25, 0.3) is 11.1 Å². The minimum atomic E-state index is -0.210. The Hall–Kier alpha value is -3.02. The third-order valence-electron chi connectivity index (χ3n) is 4.52. The van der Waals surface area contributed by atoms with Gasteiger partial charge in [-0.3, -0.25) is 4.79 Å². The van der Waals surface area contributed by atoms with Crippen molar-refractivity contribution in [2.45, 2.75) is 12.8 Å². The van der Waals surface area contributed by atoms with Gasteiger partial charge in [-0.05, 0) is 30.2 Å². The summed E-state index contributed by atoms with van der Waals surface area (Å²) in [6.45, 7) is 0.829. The Morgan fingerprint density at radius 3 is 3.00 bits per heavy atom. The zero-order valence-corrected chi connectivity index (χ0v) is 14.5. The molecule has 1 aliphatic rings. The van der Waals surface area contributed by atoms with Gasteiger partial charge in [0, 0.05) is 13.0 Å². The van der Waals surface area contributed by atoms with Crippen molar-refractivity contribution in [1.29, 1.82) is 0 Å². The molecule has 0 spiro atoms. The van der Waals surface area contributed by atoms with Gasteiger partial charge in [0.2, 0.25) is 5.91 Å². The molecule has 0 saturated carbocycles. The zero-order chi connectivity index (χ0) is 17.9. The average Bonchev–Trinajstić information content (AvgIpc) is 3.09. The lowest BCUT2D eigenvalue weighted by molar-refractivity contribution is -0.126. The summed E-state index contributed by atoms with van der Waals surface area (Å²) in [5, 5.41) is 2.95. The maximum Gasteiger partial charge on any atom is 0.226 e. The quantitative estimate of drug-likeness (QED) is 0.764. The number of carbonyl (C=O) groups excluding carboxylic acids is 1. The van der Waals surface area contributed by atoms with Gasteiger partial charge in [-0.25, -0.2) is 4.98 Å². The van der Waals surface area contributed by atoms with Gasteiger partial charge in [-0.15, -0.1) is 0 Å². The normalized spacial score (nSPS) is 16.0. The fourth-order valence-corrected chi connectivity index (χ4v) is 3.19. The van der Waals surface area contributed by atoms with Crippen molar-refractivity contribution in [1.82, 2.24) is 10.3 Å². The molecular weight excluding hydrogens is 332 g/mol. The number of fused-ring (bicyclic) bond motifs is 2. The maximum absolute atomic E-state index is 12.5. The van der Waals surface area contributed by atoms with E-state index < -0.39 is 0 Å². The molecule has 134 valence electrons.